The molecule has 0 heterocycles. The number of benzene rings is 2. The molecule has 0 spiro atoms. The first kappa shape index (κ1) is 23.6. The predicted octanol–water partition coefficient (Wildman–Crippen LogP) is 3.27. The van der Waals surface area contributed by atoms with E-state index in [9.17, 15) is 18.0 Å². The summed E-state index contributed by atoms with van der Waals surface area (Å²) in [7, 11) is -3.54. The summed E-state index contributed by atoms with van der Waals surface area (Å²) >= 11 is 0. The maximum atomic E-state index is 12.0. The van der Waals surface area contributed by atoms with E-state index in [-0.39, 0.29) is 23.6 Å². The van der Waals surface area contributed by atoms with Crippen molar-refractivity contribution >= 4 is 27.6 Å². The molecule has 7 nitrogen and oxygen atoms in total. The maximum absolute atomic E-state index is 12.0. The van der Waals surface area contributed by atoms with Crippen molar-refractivity contribution in [1.82, 2.24) is 4.72 Å². The predicted molar refractivity (Wildman–Crippen MR) is 116 cm³/mol. The van der Waals surface area contributed by atoms with Crippen LogP contribution in [-0.4, -0.2) is 33.4 Å². The van der Waals surface area contributed by atoms with Crippen molar-refractivity contribution in [2.75, 3.05) is 18.5 Å². The summed E-state index contributed by atoms with van der Waals surface area (Å²) < 4.78 is 31.7. The molecule has 0 unspecified atom stereocenters. The molecule has 0 saturated carbocycles. The zero-order valence-corrected chi connectivity index (χ0v) is 17.9. The Labute approximate surface area is 177 Å². The van der Waals surface area contributed by atoms with Gasteiger partial charge in [-0.1, -0.05) is 37.3 Å². The molecule has 0 atom stereocenters. The van der Waals surface area contributed by atoms with Crippen LogP contribution in [0.2, 0.25) is 0 Å². The van der Waals surface area contributed by atoms with Crippen LogP contribution in [0.1, 0.15) is 38.2 Å². The fourth-order valence-corrected chi connectivity index (χ4v) is 3.79. The number of carbonyl (C=O) groups excluding carboxylic acids is 2. The van der Waals surface area contributed by atoms with E-state index in [4.69, 9.17) is 4.74 Å². The molecular weight excluding hydrogens is 404 g/mol. The molecule has 30 heavy (non-hydrogen) atoms. The van der Waals surface area contributed by atoms with E-state index in [1.165, 1.54) is 29.8 Å². The Hall–Kier alpha value is -2.71. The largest absolute Gasteiger partial charge is 0.466 e. The Balaban J connectivity index is 1.68. The number of ether oxygens (including phenoxy) is 1. The number of sulfonamides is 1. The van der Waals surface area contributed by atoms with Gasteiger partial charge >= 0.3 is 5.97 Å². The molecular formula is C22H28N2O5S. The molecule has 2 N–H and O–H groups in total. The highest BCUT2D eigenvalue weighted by molar-refractivity contribution is 7.89. The summed E-state index contributed by atoms with van der Waals surface area (Å²) in [5, 5.41) is 2.65. The average Bonchev–Trinajstić information content (AvgIpc) is 2.75. The highest BCUT2D eigenvalue weighted by atomic mass is 32.2. The Morgan fingerprint density at radius 2 is 1.67 bits per heavy atom. The van der Waals surface area contributed by atoms with Crippen LogP contribution in [0.3, 0.4) is 0 Å². The van der Waals surface area contributed by atoms with Gasteiger partial charge in [0.05, 0.1) is 17.9 Å². The van der Waals surface area contributed by atoms with Crippen molar-refractivity contribution in [1.29, 1.82) is 0 Å². The molecule has 2 aromatic carbocycles. The second-order valence-electron chi connectivity index (χ2n) is 6.78. The molecule has 0 bridgehead atoms. The summed E-state index contributed by atoms with van der Waals surface area (Å²) in [6.07, 6.45) is 2.24. The van der Waals surface area contributed by atoms with Crippen molar-refractivity contribution in [2.45, 2.75) is 43.9 Å². The van der Waals surface area contributed by atoms with Gasteiger partial charge in [-0.2, -0.15) is 0 Å². The van der Waals surface area contributed by atoms with Gasteiger partial charge in [0, 0.05) is 18.7 Å². The molecule has 0 aliphatic rings. The van der Waals surface area contributed by atoms with Gasteiger partial charge in [-0.3, -0.25) is 9.59 Å². The smallest absolute Gasteiger partial charge is 0.306 e. The van der Waals surface area contributed by atoms with E-state index >= 15 is 0 Å². The third-order valence-corrected chi connectivity index (χ3v) is 5.74. The number of hydrogen-bond donors (Lipinski definition) is 2. The van der Waals surface area contributed by atoms with Crippen LogP contribution in [0.4, 0.5) is 5.69 Å². The lowest BCUT2D eigenvalue weighted by Gasteiger charge is -2.08. The normalized spacial score (nSPS) is 11.1. The van der Waals surface area contributed by atoms with Crippen molar-refractivity contribution < 1.29 is 22.7 Å². The van der Waals surface area contributed by atoms with E-state index in [0.29, 0.717) is 25.3 Å². The summed E-state index contributed by atoms with van der Waals surface area (Å²) in [5.74, 6) is -0.752. The Kier molecular flexibility index (Phi) is 9.50. The van der Waals surface area contributed by atoms with Crippen molar-refractivity contribution in [3.63, 3.8) is 0 Å². The summed E-state index contributed by atoms with van der Waals surface area (Å²) in [6.45, 7) is 2.56. The zero-order valence-electron chi connectivity index (χ0n) is 17.1. The average molecular weight is 433 g/mol. The first-order valence-corrected chi connectivity index (χ1v) is 11.5. The number of esters is 1. The van der Waals surface area contributed by atoms with Crippen molar-refractivity contribution in [2.24, 2.45) is 0 Å². The first-order chi connectivity index (χ1) is 14.4. The van der Waals surface area contributed by atoms with Crippen LogP contribution < -0.4 is 10.0 Å². The van der Waals surface area contributed by atoms with Gasteiger partial charge in [-0.25, -0.2) is 13.1 Å². The molecule has 0 aliphatic carbocycles. The molecule has 1 amide bonds. The summed E-state index contributed by atoms with van der Waals surface area (Å²) in [6, 6.07) is 15.8. The topological polar surface area (TPSA) is 102 Å². The van der Waals surface area contributed by atoms with Crippen LogP contribution in [0.15, 0.2) is 59.5 Å². The highest BCUT2D eigenvalue weighted by Crippen LogP contribution is 2.14. The van der Waals surface area contributed by atoms with Gasteiger partial charge in [0.2, 0.25) is 15.9 Å². The van der Waals surface area contributed by atoms with Crippen LogP contribution in [0.5, 0.6) is 0 Å². The molecule has 162 valence electrons. The van der Waals surface area contributed by atoms with Gasteiger partial charge < -0.3 is 10.1 Å². The Morgan fingerprint density at radius 1 is 0.967 bits per heavy atom. The zero-order chi connectivity index (χ0) is 21.8. The van der Waals surface area contributed by atoms with Gasteiger partial charge in [0.15, 0.2) is 0 Å². The lowest BCUT2D eigenvalue weighted by molar-refractivity contribution is -0.144. The van der Waals surface area contributed by atoms with E-state index in [1.54, 1.807) is 0 Å². The molecule has 0 aliphatic heterocycles. The fourth-order valence-electron chi connectivity index (χ4n) is 2.66. The lowest BCUT2D eigenvalue weighted by Crippen LogP contribution is -2.24. The van der Waals surface area contributed by atoms with Gasteiger partial charge in [0.1, 0.15) is 0 Å². The number of anilines is 1. The number of nitrogens with one attached hydrogen (secondary N) is 2. The van der Waals surface area contributed by atoms with E-state index in [2.05, 4.69) is 10.0 Å². The van der Waals surface area contributed by atoms with Crippen molar-refractivity contribution in [3.8, 4) is 0 Å². The second kappa shape index (κ2) is 12.1. The van der Waals surface area contributed by atoms with E-state index in [0.717, 1.165) is 12.8 Å². The lowest BCUT2D eigenvalue weighted by atomic mass is 10.1. The Bertz CT molecular complexity index is 912. The van der Waals surface area contributed by atoms with Crippen LogP contribution in [-0.2, 0) is 30.8 Å². The minimum Gasteiger partial charge on any atom is -0.466 e. The van der Waals surface area contributed by atoms with Crippen molar-refractivity contribution in [3.05, 3.63) is 60.2 Å². The molecule has 2 aromatic rings. The van der Waals surface area contributed by atoms with Crippen LogP contribution in [0, 0.1) is 0 Å². The second-order valence-corrected chi connectivity index (χ2v) is 8.55. The third kappa shape index (κ3) is 8.34. The van der Waals surface area contributed by atoms with Gasteiger partial charge in [-0.15, -0.1) is 0 Å². The molecule has 0 aromatic heterocycles. The third-order valence-electron chi connectivity index (χ3n) is 4.26. The first-order valence-electron chi connectivity index (χ1n) is 10.00. The van der Waals surface area contributed by atoms with E-state index in [1.807, 2.05) is 37.3 Å². The fraction of sp³-hybridized carbons (Fsp3) is 0.364. The quantitative estimate of drug-likeness (QED) is 0.396. The maximum Gasteiger partial charge on any atom is 0.306 e. The van der Waals surface area contributed by atoms with Gasteiger partial charge in [-0.05, 0) is 49.1 Å². The standard InChI is InChI=1S/C22H28N2O5S/c1-2-16-23-30(27,28)20-12-10-19(11-13-20)24-21(25)14-15-22(26)29-17-6-9-18-7-4-3-5-8-18/h3-5,7-8,10-13,23H,2,6,9,14-17H2,1H3,(H,24,25). The number of amides is 1. The number of hydrogen-bond acceptors (Lipinski definition) is 5. The number of aryl methyl sites for hydroxylation is 1. The SMILES string of the molecule is CCCNS(=O)(=O)c1ccc(NC(=O)CCC(=O)OCCCc2ccccc2)cc1. The molecule has 2 rings (SSSR count). The summed E-state index contributed by atoms with van der Waals surface area (Å²) in [5.41, 5.74) is 1.65. The Morgan fingerprint density at radius 3 is 2.33 bits per heavy atom. The monoisotopic (exact) mass is 432 g/mol. The number of carbonyl (C=O) groups is 2. The van der Waals surface area contributed by atoms with Crippen LogP contribution >= 0.6 is 0 Å². The summed E-state index contributed by atoms with van der Waals surface area (Å²) in [4.78, 5) is 23.9. The number of rotatable bonds is 12. The highest BCUT2D eigenvalue weighted by Gasteiger charge is 2.13. The van der Waals surface area contributed by atoms with E-state index < -0.39 is 16.0 Å². The molecule has 0 radical (unpaired) electrons. The van der Waals surface area contributed by atoms with Gasteiger partial charge in [0.25, 0.3) is 0 Å². The molecule has 8 heteroatoms. The minimum atomic E-state index is -3.54. The van der Waals surface area contributed by atoms with Crippen LogP contribution in [0.25, 0.3) is 0 Å². The molecule has 0 saturated heterocycles. The molecule has 0 fully saturated rings. The minimum absolute atomic E-state index is 0.00434.